The molecule has 134 valence electrons. The summed E-state index contributed by atoms with van der Waals surface area (Å²) in [5.41, 5.74) is 9.21. The quantitative estimate of drug-likeness (QED) is 0.544. The number of rotatable bonds is 9. The zero-order chi connectivity index (χ0) is 18.2. The monoisotopic (exact) mass is 340 g/mol. The van der Waals surface area contributed by atoms with Crippen molar-refractivity contribution in [2.24, 2.45) is 5.73 Å². The Labute approximate surface area is 152 Å². The Bertz CT molecular complexity index is 664. The normalized spacial score (nSPS) is 12.3. The summed E-state index contributed by atoms with van der Waals surface area (Å²) in [6.45, 7) is 6.01. The van der Waals surface area contributed by atoms with Gasteiger partial charge in [0.25, 0.3) is 0 Å². The highest BCUT2D eigenvalue weighted by Crippen LogP contribution is 2.31. The summed E-state index contributed by atoms with van der Waals surface area (Å²) in [7, 11) is 2.11. The number of benzene rings is 2. The van der Waals surface area contributed by atoms with Crippen molar-refractivity contribution < 1.29 is 9.84 Å². The molecule has 1 atom stereocenters. The lowest BCUT2D eigenvalue weighted by Crippen LogP contribution is -2.35. The number of phenols is 1. The van der Waals surface area contributed by atoms with E-state index in [0.717, 1.165) is 48.3 Å². The Morgan fingerprint density at radius 2 is 1.92 bits per heavy atom. The fourth-order valence-corrected chi connectivity index (χ4v) is 2.88. The number of hydrogen-bond donors (Lipinski definition) is 2. The second-order valence-electron chi connectivity index (χ2n) is 6.41. The molecule has 2 rings (SSSR count). The van der Waals surface area contributed by atoms with Crippen molar-refractivity contribution >= 4 is 7.85 Å². The first-order valence-corrected chi connectivity index (χ1v) is 9.03. The van der Waals surface area contributed by atoms with Crippen LogP contribution in [0.3, 0.4) is 0 Å². The van der Waals surface area contributed by atoms with Crippen LogP contribution in [0.15, 0.2) is 42.5 Å². The van der Waals surface area contributed by atoms with E-state index in [4.69, 9.17) is 10.5 Å². The van der Waals surface area contributed by atoms with E-state index in [2.05, 4.69) is 19.7 Å². The Hall–Kier alpha value is -1.98. The summed E-state index contributed by atoms with van der Waals surface area (Å²) in [6, 6.07) is 14.0. The Kier molecular flexibility index (Phi) is 7.35. The molecular formula is C20H29BN2O2. The van der Waals surface area contributed by atoms with Gasteiger partial charge in [0.2, 0.25) is 0 Å². The van der Waals surface area contributed by atoms with Gasteiger partial charge >= 0.3 is 0 Å². The molecular weight excluding hydrogens is 311 g/mol. The van der Waals surface area contributed by atoms with Gasteiger partial charge in [-0.2, -0.15) is 0 Å². The average molecular weight is 340 g/mol. The Morgan fingerprint density at radius 1 is 1.20 bits per heavy atom. The first kappa shape index (κ1) is 19.4. The predicted molar refractivity (Wildman–Crippen MR) is 106 cm³/mol. The van der Waals surface area contributed by atoms with Gasteiger partial charge in [-0.1, -0.05) is 49.6 Å². The Balaban J connectivity index is 1.97. The van der Waals surface area contributed by atoms with Gasteiger partial charge in [0.15, 0.2) is 0 Å². The third kappa shape index (κ3) is 5.25. The summed E-state index contributed by atoms with van der Waals surface area (Å²) >= 11 is 0. The van der Waals surface area contributed by atoms with E-state index in [1.54, 1.807) is 0 Å². The van der Waals surface area contributed by atoms with Gasteiger partial charge < -0.3 is 15.6 Å². The van der Waals surface area contributed by atoms with E-state index >= 15 is 0 Å². The summed E-state index contributed by atoms with van der Waals surface area (Å²) < 4.78 is 5.95. The van der Waals surface area contributed by atoms with E-state index in [1.165, 1.54) is 0 Å². The molecule has 5 heteroatoms. The number of aryl methyl sites for hydroxylation is 1. The molecule has 3 N–H and O–H groups in total. The SMILES string of the molecule is BCCc1ccc(OCN(CC)CC(N)c2ccccc2)c(C)c1O. The molecule has 0 bridgehead atoms. The van der Waals surface area contributed by atoms with E-state index < -0.39 is 0 Å². The van der Waals surface area contributed by atoms with E-state index in [0.29, 0.717) is 12.5 Å². The highest BCUT2D eigenvalue weighted by molar-refractivity contribution is 6.08. The molecule has 0 saturated heterocycles. The second kappa shape index (κ2) is 9.49. The topological polar surface area (TPSA) is 58.7 Å². The van der Waals surface area contributed by atoms with Crippen LogP contribution in [-0.2, 0) is 6.42 Å². The predicted octanol–water partition coefficient (Wildman–Crippen LogP) is 2.65. The zero-order valence-corrected chi connectivity index (χ0v) is 15.5. The third-order valence-electron chi connectivity index (χ3n) is 4.52. The summed E-state index contributed by atoms with van der Waals surface area (Å²) in [6.07, 6.45) is 1.88. The number of hydrogen-bond acceptors (Lipinski definition) is 4. The largest absolute Gasteiger partial charge is 0.507 e. The van der Waals surface area contributed by atoms with Crippen LogP contribution in [-0.4, -0.2) is 37.7 Å². The van der Waals surface area contributed by atoms with Gasteiger partial charge in [-0.3, -0.25) is 4.90 Å². The van der Waals surface area contributed by atoms with Crippen molar-refractivity contribution in [1.82, 2.24) is 4.90 Å². The first-order valence-electron chi connectivity index (χ1n) is 9.03. The van der Waals surface area contributed by atoms with Gasteiger partial charge in [0, 0.05) is 18.2 Å². The maximum Gasteiger partial charge on any atom is 0.142 e. The molecule has 0 spiro atoms. The van der Waals surface area contributed by atoms with Crippen LogP contribution in [0.1, 0.15) is 29.7 Å². The van der Waals surface area contributed by atoms with Crippen LogP contribution in [0.5, 0.6) is 11.5 Å². The molecule has 25 heavy (non-hydrogen) atoms. The zero-order valence-electron chi connectivity index (χ0n) is 15.5. The fraction of sp³-hybridized carbons (Fsp3) is 0.400. The molecule has 2 aromatic carbocycles. The highest BCUT2D eigenvalue weighted by Gasteiger charge is 2.14. The number of likely N-dealkylation sites (N-methyl/N-ethyl adjacent to an activating group) is 1. The maximum absolute atomic E-state index is 10.3. The average Bonchev–Trinajstić information content (AvgIpc) is 2.64. The lowest BCUT2D eigenvalue weighted by molar-refractivity contribution is 0.124. The van der Waals surface area contributed by atoms with Gasteiger partial charge in [-0.25, -0.2) is 0 Å². The van der Waals surface area contributed by atoms with Crippen LogP contribution in [0.2, 0.25) is 6.32 Å². The number of nitrogens with two attached hydrogens (primary N) is 1. The van der Waals surface area contributed by atoms with Gasteiger partial charge in [0.1, 0.15) is 26.1 Å². The number of ether oxygens (including phenoxy) is 1. The van der Waals surface area contributed by atoms with Crippen LogP contribution in [0, 0.1) is 6.92 Å². The summed E-state index contributed by atoms with van der Waals surface area (Å²) in [5.74, 6) is 1.08. The molecule has 0 aliphatic heterocycles. The van der Waals surface area contributed by atoms with Crippen LogP contribution in [0.25, 0.3) is 0 Å². The van der Waals surface area contributed by atoms with Crippen LogP contribution >= 0.6 is 0 Å². The molecule has 0 saturated carbocycles. The molecule has 0 aliphatic carbocycles. The van der Waals surface area contributed by atoms with E-state index in [-0.39, 0.29) is 6.04 Å². The lowest BCUT2D eigenvalue weighted by atomic mass is 9.95. The van der Waals surface area contributed by atoms with Crippen LogP contribution in [0.4, 0.5) is 0 Å². The Morgan fingerprint density at radius 3 is 2.56 bits per heavy atom. The van der Waals surface area contributed by atoms with Gasteiger partial charge in [-0.15, -0.1) is 0 Å². The standard InChI is InChI=1S/C20H29BN2O2/c1-3-23(13-18(22)16-7-5-4-6-8-16)14-25-19-10-9-17(11-12-21)20(24)15(19)2/h4-10,18,24H,3,11-14,21-22H2,1-2H3. The summed E-state index contributed by atoms with van der Waals surface area (Å²) in [4.78, 5) is 2.16. The van der Waals surface area contributed by atoms with Crippen molar-refractivity contribution in [3.05, 3.63) is 59.2 Å². The van der Waals surface area contributed by atoms with Crippen molar-refractivity contribution in [2.45, 2.75) is 32.6 Å². The van der Waals surface area contributed by atoms with Crippen molar-refractivity contribution in [3.63, 3.8) is 0 Å². The van der Waals surface area contributed by atoms with Crippen molar-refractivity contribution in [1.29, 1.82) is 0 Å². The molecule has 0 heterocycles. The summed E-state index contributed by atoms with van der Waals surface area (Å²) in [5, 5.41) is 10.3. The van der Waals surface area contributed by atoms with E-state index in [9.17, 15) is 5.11 Å². The van der Waals surface area contributed by atoms with Crippen LogP contribution < -0.4 is 10.5 Å². The minimum absolute atomic E-state index is 0.0498. The van der Waals surface area contributed by atoms with Gasteiger partial charge in [0.05, 0.1) is 0 Å². The number of aromatic hydroxyl groups is 1. The van der Waals surface area contributed by atoms with Crippen molar-refractivity contribution in [2.75, 3.05) is 19.8 Å². The molecule has 0 radical (unpaired) electrons. The molecule has 4 nitrogen and oxygen atoms in total. The third-order valence-corrected chi connectivity index (χ3v) is 4.52. The van der Waals surface area contributed by atoms with E-state index in [1.807, 2.05) is 49.4 Å². The highest BCUT2D eigenvalue weighted by atomic mass is 16.5. The minimum atomic E-state index is -0.0498. The van der Waals surface area contributed by atoms with Gasteiger partial charge in [-0.05, 0) is 37.1 Å². The first-order chi connectivity index (χ1) is 12.1. The minimum Gasteiger partial charge on any atom is -0.507 e. The fourth-order valence-electron chi connectivity index (χ4n) is 2.88. The second-order valence-corrected chi connectivity index (χ2v) is 6.41. The molecule has 0 amide bonds. The molecule has 1 unspecified atom stereocenters. The lowest BCUT2D eigenvalue weighted by Gasteiger charge is -2.25. The molecule has 2 aromatic rings. The molecule has 0 aromatic heterocycles. The molecule has 0 fully saturated rings. The number of phenolic OH excluding ortho intramolecular Hbond substituents is 1. The molecule has 0 aliphatic rings. The maximum atomic E-state index is 10.3. The number of nitrogens with zero attached hydrogens (tertiary/aromatic N) is 1. The van der Waals surface area contributed by atoms with Crippen molar-refractivity contribution in [3.8, 4) is 11.5 Å². The smallest absolute Gasteiger partial charge is 0.142 e.